The molecule has 5 nitrogen and oxygen atoms in total. The number of nitrogens with zero attached hydrogens (tertiary/aromatic N) is 3. The molecule has 1 unspecified atom stereocenters. The Labute approximate surface area is 154 Å². The maximum atomic E-state index is 12.7. The third-order valence-electron chi connectivity index (χ3n) is 6.07. The Balaban J connectivity index is 1.44. The quantitative estimate of drug-likeness (QED) is 0.873. The van der Waals surface area contributed by atoms with E-state index in [0.29, 0.717) is 24.3 Å². The van der Waals surface area contributed by atoms with Crippen LogP contribution in [0, 0.1) is 5.41 Å². The third-order valence-corrected chi connectivity index (χ3v) is 6.07. The first-order chi connectivity index (χ1) is 12.8. The van der Waals surface area contributed by atoms with E-state index in [9.17, 15) is 18.0 Å². The number of halogens is 3. The fraction of sp³-hybridized carbons (Fsp3) is 0.474. The van der Waals surface area contributed by atoms with Gasteiger partial charge in [-0.3, -0.25) is 4.79 Å². The van der Waals surface area contributed by atoms with E-state index in [1.807, 2.05) is 4.90 Å². The van der Waals surface area contributed by atoms with Crippen LogP contribution in [-0.2, 0) is 6.18 Å². The van der Waals surface area contributed by atoms with Gasteiger partial charge in [0.05, 0.1) is 23.0 Å². The molecule has 2 N–H and O–H groups in total. The Morgan fingerprint density at radius 3 is 2.33 bits per heavy atom. The number of nitrogens with two attached hydrogens (primary N) is 1. The number of rotatable bonds is 2. The Morgan fingerprint density at radius 2 is 1.81 bits per heavy atom. The van der Waals surface area contributed by atoms with Crippen molar-refractivity contribution >= 4 is 5.91 Å². The molecule has 2 fully saturated rings. The van der Waals surface area contributed by atoms with E-state index in [1.54, 1.807) is 6.20 Å². The Kier molecular flexibility index (Phi) is 4.25. The first-order valence-corrected chi connectivity index (χ1v) is 9.06. The predicted molar refractivity (Wildman–Crippen MR) is 93.3 cm³/mol. The highest BCUT2D eigenvalue weighted by Crippen LogP contribution is 2.48. The summed E-state index contributed by atoms with van der Waals surface area (Å²) in [5.74, 6) is -0.101. The fourth-order valence-electron chi connectivity index (χ4n) is 4.06. The van der Waals surface area contributed by atoms with Crippen molar-refractivity contribution in [3.63, 3.8) is 0 Å². The number of likely N-dealkylation sites (tertiary alicyclic amines) is 1. The molecule has 0 bridgehead atoms. The van der Waals surface area contributed by atoms with Gasteiger partial charge in [-0.15, -0.1) is 0 Å². The first-order valence-electron chi connectivity index (χ1n) is 9.06. The van der Waals surface area contributed by atoms with E-state index in [2.05, 4.69) is 5.10 Å². The number of alkyl halides is 3. The summed E-state index contributed by atoms with van der Waals surface area (Å²) in [5.41, 5.74) is 6.54. The van der Waals surface area contributed by atoms with Gasteiger partial charge in [0.25, 0.3) is 5.91 Å². The average molecular weight is 378 g/mol. The van der Waals surface area contributed by atoms with E-state index in [0.717, 1.165) is 37.8 Å². The number of carbonyl (C=O) groups excluding carboxylic acids is 1. The van der Waals surface area contributed by atoms with Gasteiger partial charge in [0.15, 0.2) is 0 Å². The largest absolute Gasteiger partial charge is 0.416 e. The zero-order chi connectivity index (χ0) is 19.2. The summed E-state index contributed by atoms with van der Waals surface area (Å²) in [6.45, 7) is 1.36. The van der Waals surface area contributed by atoms with Crippen LogP contribution in [0.5, 0.6) is 0 Å². The van der Waals surface area contributed by atoms with Crippen LogP contribution in [0.3, 0.4) is 0 Å². The van der Waals surface area contributed by atoms with Gasteiger partial charge >= 0.3 is 6.18 Å². The van der Waals surface area contributed by atoms with Crippen LogP contribution in [0.2, 0.25) is 0 Å². The number of carbonyl (C=O) groups is 1. The molecule has 144 valence electrons. The first kappa shape index (κ1) is 18.0. The van der Waals surface area contributed by atoms with Gasteiger partial charge in [-0.25, -0.2) is 4.68 Å². The normalized spacial score (nSPS) is 21.9. The summed E-state index contributed by atoms with van der Waals surface area (Å²) in [6, 6.07) is 4.94. The second-order valence-corrected chi connectivity index (χ2v) is 7.52. The molecule has 0 radical (unpaired) electrons. The number of piperidine rings is 1. The lowest BCUT2D eigenvalue weighted by Crippen LogP contribution is -2.56. The van der Waals surface area contributed by atoms with Crippen LogP contribution in [-0.4, -0.2) is 39.7 Å². The molecular weight excluding hydrogens is 357 g/mol. The standard InChI is InChI=1S/C19H21F3N4O/c20-19(21,22)14-1-3-15(4-2-14)26-12-13(11-24-26)17(27)25-9-7-18(8-10-25)6-5-16(18)23/h1-4,11-12,16H,5-10,23H2. The van der Waals surface area contributed by atoms with Crippen molar-refractivity contribution in [1.29, 1.82) is 0 Å². The minimum absolute atomic E-state index is 0.101. The minimum Gasteiger partial charge on any atom is -0.339 e. The molecule has 1 amide bonds. The van der Waals surface area contributed by atoms with Gasteiger partial charge < -0.3 is 10.6 Å². The molecule has 4 rings (SSSR count). The summed E-state index contributed by atoms with van der Waals surface area (Å²) in [4.78, 5) is 14.5. The van der Waals surface area contributed by atoms with Crippen LogP contribution < -0.4 is 5.73 Å². The fourth-order valence-corrected chi connectivity index (χ4v) is 4.06. The molecular formula is C19H21F3N4O. The monoisotopic (exact) mass is 378 g/mol. The van der Waals surface area contributed by atoms with Gasteiger partial charge in [-0.2, -0.15) is 18.3 Å². The molecule has 2 aliphatic rings. The van der Waals surface area contributed by atoms with Crippen molar-refractivity contribution in [1.82, 2.24) is 14.7 Å². The van der Waals surface area contributed by atoms with Crippen molar-refractivity contribution in [2.75, 3.05) is 13.1 Å². The zero-order valence-corrected chi connectivity index (χ0v) is 14.7. The maximum Gasteiger partial charge on any atom is 0.416 e. The van der Waals surface area contributed by atoms with E-state index >= 15 is 0 Å². The molecule has 1 spiro atoms. The maximum absolute atomic E-state index is 12.7. The number of aromatic nitrogens is 2. The van der Waals surface area contributed by atoms with Crippen LogP contribution in [0.4, 0.5) is 13.2 Å². The Hall–Kier alpha value is -2.35. The van der Waals surface area contributed by atoms with E-state index in [4.69, 9.17) is 5.73 Å². The number of hydrogen-bond donors (Lipinski definition) is 1. The van der Waals surface area contributed by atoms with Gasteiger partial charge in [0.2, 0.25) is 0 Å². The second kappa shape index (κ2) is 6.37. The van der Waals surface area contributed by atoms with Crippen molar-refractivity contribution in [3.8, 4) is 5.69 Å². The molecule has 8 heteroatoms. The summed E-state index contributed by atoms with van der Waals surface area (Å²) in [5, 5.41) is 4.13. The Bertz CT molecular complexity index is 835. The van der Waals surface area contributed by atoms with Crippen LogP contribution >= 0.6 is 0 Å². The molecule has 1 aromatic heterocycles. The lowest BCUT2D eigenvalue weighted by Gasteiger charge is -2.52. The summed E-state index contributed by atoms with van der Waals surface area (Å²) < 4.78 is 39.4. The number of hydrogen-bond acceptors (Lipinski definition) is 3. The third kappa shape index (κ3) is 3.22. The Morgan fingerprint density at radius 1 is 1.15 bits per heavy atom. The highest BCUT2D eigenvalue weighted by atomic mass is 19.4. The summed E-state index contributed by atoms with van der Waals surface area (Å²) in [6.07, 6.45) is 2.69. The number of benzene rings is 1. The lowest BCUT2D eigenvalue weighted by atomic mass is 9.60. The molecule has 2 aromatic rings. The molecule has 2 heterocycles. The van der Waals surface area contributed by atoms with Gasteiger partial charge in [-0.05, 0) is 55.4 Å². The van der Waals surface area contributed by atoms with Crippen LogP contribution in [0.1, 0.15) is 41.6 Å². The highest BCUT2D eigenvalue weighted by Gasteiger charge is 2.46. The van der Waals surface area contributed by atoms with Crippen molar-refractivity contribution in [2.24, 2.45) is 11.1 Å². The molecule has 1 aliphatic heterocycles. The van der Waals surface area contributed by atoms with Gasteiger partial charge in [0.1, 0.15) is 0 Å². The predicted octanol–water partition coefficient (Wildman–Crippen LogP) is 3.23. The molecule has 1 saturated heterocycles. The van der Waals surface area contributed by atoms with Gasteiger partial charge in [0, 0.05) is 25.3 Å². The highest BCUT2D eigenvalue weighted by molar-refractivity contribution is 5.93. The van der Waals surface area contributed by atoms with E-state index in [-0.39, 0.29) is 17.4 Å². The zero-order valence-electron chi connectivity index (χ0n) is 14.7. The lowest BCUT2D eigenvalue weighted by molar-refractivity contribution is -0.137. The van der Waals surface area contributed by atoms with Gasteiger partial charge in [-0.1, -0.05) is 0 Å². The van der Waals surface area contributed by atoms with Crippen LogP contribution in [0.25, 0.3) is 5.69 Å². The van der Waals surface area contributed by atoms with Crippen molar-refractivity contribution in [2.45, 2.75) is 37.9 Å². The SMILES string of the molecule is NC1CCC12CCN(C(=O)c1cnn(-c3ccc(C(F)(F)F)cc3)c1)CC2. The molecule has 27 heavy (non-hydrogen) atoms. The second-order valence-electron chi connectivity index (χ2n) is 7.52. The molecule has 1 atom stereocenters. The topological polar surface area (TPSA) is 64.2 Å². The molecule has 1 saturated carbocycles. The molecule has 1 aliphatic carbocycles. The number of amides is 1. The summed E-state index contributed by atoms with van der Waals surface area (Å²) >= 11 is 0. The smallest absolute Gasteiger partial charge is 0.339 e. The molecule has 1 aromatic carbocycles. The van der Waals surface area contributed by atoms with Crippen LogP contribution in [0.15, 0.2) is 36.7 Å². The van der Waals surface area contributed by atoms with Crippen molar-refractivity contribution < 1.29 is 18.0 Å². The van der Waals surface area contributed by atoms with E-state index in [1.165, 1.54) is 23.0 Å². The van der Waals surface area contributed by atoms with Crippen molar-refractivity contribution in [3.05, 3.63) is 47.8 Å². The summed E-state index contributed by atoms with van der Waals surface area (Å²) in [7, 11) is 0. The minimum atomic E-state index is -4.38. The average Bonchev–Trinajstić information content (AvgIpc) is 3.16. The van der Waals surface area contributed by atoms with E-state index < -0.39 is 11.7 Å².